The minimum atomic E-state index is -0.294. The Kier molecular flexibility index (Phi) is 6.73. The second-order valence-electron chi connectivity index (χ2n) is 8.30. The first-order valence-corrected chi connectivity index (χ1v) is 11.9. The van der Waals surface area contributed by atoms with E-state index < -0.39 is 0 Å². The second-order valence-corrected chi connectivity index (χ2v) is 9.28. The van der Waals surface area contributed by atoms with Crippen LogP contribution in [0.3, 0.4) is 0 Å². The summed E-state index contributed by atoms with van der Waals surface area (Å²) in [5.74, 6) is -0.333. The Morgan fingerprint density at radius 1 is 1.27 bits per heavy atom. The number of hydrogen-bond acceptors (Lipinski definition) is 7. The molecule has 9 nitrogen and oxygen atoms in total. The molecule has 0 saturated carbocycles. The summed E-state index contributed by atoms with van der Waals surface area (Å²) in [6.07, 6.45) is 3.09. The van der Waals surface area contributed by atoms with E-state index in [-0.39, 0.29) is 29.8 Å². The molecule has 1 unspecified atom stereocenters. The third-order valence-corrected chi connectivity index (χ3v) is 7.07. The quantitative estimate of drug-likeness (QED) is 0.575. The topological polar surface area (TPSA) is 109 Å². The second kappa shape index (κ2) is 9.70. The smallest absolute Gasteiger partial charge is 0.273 e. The zero-order valence-electron chi connectivity index (χ0n) is 19.1. The van der Waals surface area contributed by atoms with Crippen LogP contribution >= 0.6 is 11.3 Å². The summed E-state index contributed by atoms with van der Waals surface area (Å²) in [5.41, 5.74) is 2.88. The zero-order chi connectivity index (χ0) is 23.5. The van der Waals surface area contributed by atoms with E-state index in [0.29, 0.717) is 28.6 Å². The minimum absolute atomic E-state index is 0.0543. The summed E-state index contributed by atoms with van der Waals surface area (Å²) in [6, 6.07) is 5.70. The Morgan fingerprint density at radius 2 is 2.09 bits per heavy atom. The molecule has 2 N–H and O–H groups in total. The van der Waals surface area contributed by atoms with E-state index in [1.807, 2.05) is 43.9 Å². The number of hydrogen-bond donors (Lipinski definition) is 2. The number of thiazole rings is 1. The van der Waals surface area contributed by atoms with E-state index in [1.54, 1.807) is 0 Å². The summed E-state index contributed by atoms with van der Waals surface area (Å²) in [5, 5.41) is 6.44. The van der Waals surface area contributed by atoms with Crippen LogP contribution < -0.4 is 21.1 Å². The van der Waals surface area contributed by atoms with Crippen LogP contribution in [0.1, 0.15) is 30.9 Å². The predicted octanol–water partition coefficient (Wildman–Crippen LogP) is 2.46. The molecule has 174 valence electrons. The first-order chi connectivity index (χ1) is 15.9. The fourth-order valence-electron chi connectivity index (χ4n) is 4.00. The molecule has 10 heteroatoms. The fourth-order valence-corrected chi connectivity index (χ4v) is 5.00. The van der Waals surface area contributed by atoms with Gasteiger partial charge < -0.3 is 15.5 Å². The molecule has 33 heavy (non-hydrogen) atoms. The van der Waals surface area contributed by atoms with Crippen LogP contribution in [0.4, 0.5) is 10.8 Å². The maximum Gasteiger partial charge on any atom is 0.273 e. The van der Waals surface area contributed by atoms with Gasteiger partial charge in [0.2, 0.25) is 11.8 Å². The van der Waals surface area contributed by atoms with Crippen LogP contribution in [0.2, 0.25) is 0 Å². The lowest BCUT2D eigenvalue weighted by Gasteiger charge is -2.31. The predicted molar refractivity (Wildman–Crippen MR) is 130 cm³/mol. The summed E-state index contributed by atoms with van der Waals surface area (Å²) in [6.45, 7) is 7.66. The van der Waals surface area contributed by atoms with Crippen LogP contribution in [0.5, 0.6) is 0 Å². The van der Waals surface area contributed by atoms with E-state index in [1.165, 1.54) is 22.2 Å². The van der Waals surface area contributed by atoms with Crippen LogP contribution in [-0.2, 0) is 16.1 Å². The number of benzene rings is 1. The monoisotopic (exact) mass is 468 g/mol. The van der Waals surface area contributed by atoms with Gasteiger partial charge in [0.1, 0.15) is 17.6 Å². The van der Waals surface area contributed by atoms with Gasteiger partial charge in [0, 0.05) is 25.3 Å². The van der Waals surface area contributed by atoms with Crippen molar-refractivity contribution in [3.8, 4) is 0 Å². The molecule has 1 aliphatic rings. The summed E-state index contributed by atoms with van der Waals surface area (Å²) in [4.78, 5) is 48.8. The van der Waals surface area contributed by atoms with Crippen LogP contribution in [-0.4, -0.2) is 46.0 Å². The van der Waals surface area contributed by atoms with Gasteiger partial charge in [0.05, 0.1) is 5.92 Å². The molecule has 3 aromatic rings. The maximum absolute atomic E-state index is 13.0. The van der Waals surface area contributed by atoms with Crippen LogP contribution in [0.25, 0.3) is 10.3 Å². The summed E-state index contributed by atoms with van der Waals surface area (Å²) in [7, 11) is 0. The molecule has 1 fully saturated rings. The highest BCUT2D eigenvalue weighted by atomic mass is 32.1. The highest BCUT2D eigenvalue weighted by Crippen LogP contribution is 2.29. The number of nitrogens with one attached hydrogen (secondary N) is 2. The van der Waals surface area contributed by atoms with Gasteiger partial charge >= 0.3 is 0 Å². The molecule has 1 saturated heterocycles. The van der Waals surface area contributed by atoms with Gasteiger partial charge in [-0.1, -0.05) is 23.5 Å². The highest BCUT2D eigenvalue weighted by molar-refractivity contribution is 7.22. The summed E-state index contributed by atoms with van der Waals surface area (Å²) < 4.78 is 1.71. The van der Waals surface area contributed by atoms with Gasteiger partial charge in [-0.25, -0.2) is 4.98 Å². The van der Waals surface area contributed by atoms with Crippen molar-refractivity contribution in [2.45, 2.75) is 40.2 Å². The molecule has 0 radical (unpaired) electrons. The van der Waals surface area contributed by atoms with Crippen molar-refractivity contribution in [1.82, 2.24) is 19.9 Å². The molecule has 1 aromatic carbocycles. The number of nitrogens with zero attached hydrogens (tertiary/aromatic N) is 4. The molecule has 2 aromatic heterocycles. The van der Waals surface area contributed by atoms with E-state index in [2.05, 4.69) is 20.6 Å². The number of amides is 2. The van der Waals surface area contributed by atoms with Gasteiger partial charge in [-0.05, 0) is 50.8 Å². The van der Waals surface area contributed by atoms with Gasteiger partial charge in [-0.2, -0.15) is 4.98 Å². The number of aromatic nitrogens is 3. The number of aryl methyl sites for hydroxylation is 1. The van der Waals surface area contributed by atoms with Crippen molar-refractivity contribution in [3.05, 3.63) is 46.0 Å². The molecular formula is C23H28N6O3S. The first-order valence-electron chi connectivity index (χ1n) is 11.1. The molecule has 4 rings (SSSR count). The van der Waals surface area contributed by atoms with Gasteiger partial charge in [-0.3, -0.25) is 19.0 Å². The number of carbonyl (C=O) groups excluding carboxylic acids is 2. The molecule has 3 heterocycles. The lowest BCUT2D eigenvalue weighted by molar-refractivity contribution is -0.125. The van der Waals surface area contributed by atoms with E-state index >= 15 is 0 Å². The van der Waals surface area contributed by atoms with Crippen LogP contribution in [0.15, 0.2) is 29.3 Å². The number of fused-ring (bicyclic) bond motifs is 1. The molecular weight excluding hydrogens is 440 g/mol. The lowest BCUT2D eigenvalue weighted by Crippen LogP contribution is -2.43. The number of rotatable bonds is 6. The Hall–Kier alpha value is -3.27. The molecule has 2 amide bonds. The van der Waals surface area contributed by atoms with Crippen molar-refractivity contribution in [1.29, 1.82) is 0 Å². The van der Waals surface area contributed by atoms with Crippen LogP contribution in [0, 0.1) is 19.8 Å². The van der Waals surface area contributed by atoms with E-state index in [0.717, 1.165) is 36.2 Å². The average molecular weight is 469 g/mol. The number of piperidine rings is 1. The standard InChI is InChI=1S/C23H28N6O3S/c1-4-24-21(31)16-8-6-10-28(11-16)23-27-20-19(33-23)22(32)29(13-25-20)12-18(30)26-17-9-5-7-14(2)15(17)3/h5,7,9,13,16H,4,6,8,10-12H2,1-3H3,(H,24,31)(H,26,30). The summed E-state index contributed by atoms with van der Waals surface area (Å²) >= 11 is 1.26. The van der Waals surface area contributed by atoms with E-state index in [9.17, 15) is 14.4 Å². The fraction of sp³-hybridized carbons (Fsp3) is 0.435. The normalized spacial score (nSPS) is 16.1. The SMILES string of the molecule is CCNC(=O)C1CCCN(c2nc3ncn(CC(=O)Nc4cccc(C)c4C)c(=O)c3s2)C1. The Balaban J connectivity index is 1.51. The number of carbonyl (C=O) groups is 2. The Bertz CT molecular complexity index is 1250. The molecule has 0 aliphatic carbocycles. The van der Waals surface area contributed by atoms with Gasteiger partial charge in [0.25, 0.3) is 5.56 Å². The van der Waals surface area contributed by atoms with Crippen molar-refractivity contribution in [3.63, 3.8) is 0 Å². The first kappa shape index (κ1) is 22.9. The van der Waals surface area contributed by atoms with Gasteiger partial charge in [0.15, 0.2) is 10.8 Å². The molecule has 1 aliphatic heterocycles. The molecule has 0 bridgehead atoms. The third kappa shape index (κ3) is 4.90. The maximum atomic E-state index is 13.0. The van der Waals surface area contributed by atoms with Crippen molar-refractivity contribution < 1.29 is 9.59 Å². The Morgan fingerprint density at radius 3 is 2.88 bits per heavy atom. The third-order valence-electron chi connectivity index (χ3n) is 5.98. The minimum Gasteiger partial charge on any atom is -0.356 e. The molecule has 1 atom stereocenters. The van der Waals surface area contributed by atoms with Gasteiger partial charge in [-0.15, -0.1) is 0 Å². The number of anilines is 2. The Labute approximate surface area is 195 Å². The highest BCUT2D eigenvalue weighted by Gasteiger charge is 2.27. The van der Waals surface area contributed by atoms with Crippen molar-refractivity contribution in [2.24, 2.45) is 5.92 Å². The average Bonchev–Trinajstić information content (AvgIpc) is 3.24. The zero-order valence-corrected chi connectivity index (χ0v) is 19.9. The lowest BCUT2D eigenvalue weighted by atomic mass is 9.97. The van der Waals surface area contributed by atoms with E-state index in [4.69, 9.17) is 0 Å². The van der Waals surface area contributed by atoms with Crippen molar-refractivity contribution in [2.75, 3.05) is 29.9 Å². The largest absolute Gasteiger partial charge is 0.356 e. The van der Waals surface area contributed by atoms with Crippen molar-refractivity contribution >= 4 is 44.3 Å². The molecule has 0 spiro atoms.